The minimum atomic E-state index is -0.194. The first-order chi connectivity index (χ1) is 15.9. The van der Waals surface area contributed by atoms with Crippen molar-refractivity contribution in [1.82, 2.24) is 24.6 Å². The number of anilines is 1. The number of rotatable bonds is 7. The zero-order valence-electron chi connectivity index (χ0n) is 18.4. The summed E-state index contributed by atoms with van der Waals surface area (Å²) in [5.74, 6) is -0.336. The lowest BCUT2D eigenvalue weighted by Crippen LogP contribution is -2.40. The smallest absolute Gasteiger partial charge is 0.274 e. The number of fused-ring (bicyclic) bond motifs is 1. The van der Waals surface area contributed by atoms with Crippen LogP contribution in [0.5, 0.6) is 0 Å². The van der Waals surface area contributed by atoms with Crippen molar-refractivity contribution >= 4 is 44.6 Å². The first-order valence-electron chi connectivity index (χ1n) is 10.8. The summed E-state index contributed by atoms with van der Waals surface area (Å²) in [5, 5.41) is 5.23. The Morgan fingerprint density at radius 3 is 2.85 bits per heavy atom. The Balaban J connectivity index is 1.32. The summed E-state index contributed by atoms with van der Waals surface area (Å²) < 4.78 is 1.80. The van der Waals surface area contributed by atoms with E-state index < -0.39 is 0 Å². The predicted octanol–water partition coefficient (Wildman–Crippen LogP) is 3.75. The van der Waals surface area contributed by atoms with E-state index in [0.29, 0.717) is 35.3 Å². The maximum atomic E-state index is 13.5. The number of nitrogen functional groups attached to an aromatic ring is 1. The highest BCUT2D eigenvalue weighted by molar-refractivity contribution is 7.19. The van der Waals surface area contributed by atoms with E-state index in [1.54, 1.807) is 4.40 Å². The predicted molar refractivity (Wildman–Crippen MR) is 131 cm³/mol. The van der Waals surface area contributed by atoms with Gasteiger partial charge in [-0.1, -0.05) is 41.2 Å². The molecule has 3 aromatic heterocycles. The number of nitrogens with zero attached hydrogens (tertiary/aromatic N) is 4. The van der Waals surface area contributed by atoms with Gasteiger partial charge in [0.25, 0.3) is 11.8 Å². The van der Waals surface area contributed by atoms with Gasteiger partial charge in [0.15, 0.2) is 10.1 Å². The molecule has 8 nitrogen and oxygen atoms in total. The molecule has 0 saturated heterocycles. The standard InChI is InChI=1S/C23H24N6O2S2/c1-13-4-3-5-15(12-13)19-17(27-22(24)33-19)21(31)28(16-6-7-16)9-8-25-20(30)18-14(2)26-23-29(18)10-11-32-23/h3-5,10-12,16H,6-9H2,1-2H3,(H2,24,27)(H,25,30). The maximum Gasteiger partial charge on any atom is 0.274 e. The fraction of sp³-hybridized carbons (Fsp3) is 0.304. The molecule has 1 fully saturated rings. The molecule has 1 aromatic carbocycles. The van der Waals surface area contributed by atoms with Crippen molar-refractivity contribution in [3.8, 4) is 10.4 Å². The van der Waals surface area contributed by atoms with Crippen molar-refractivity contribution in [1.29, 1.82) is 0 Å². The molecule has 4 aromatic rings. The number of hydrogen-bond donors (Lipinski definition) is 2. The highest BCUT2D eigenvalue weighted by Gasteiger charge is 2.35. The van der Waals surface area contributed by atoms with E-state index in [4.69, 9.17) is 5.73 Å². The molecule has 1 saturated carbocycles. The van der Waals surface area contributed by atoms with Gasteiger partial charge < -0.3 is 16.0 Å². The molecule has 0 aliphatic heterocycles. The quantitative estimate of drug-likeness (QED) is 0.419. The molecule has 3 heterocycles. The van der Waals surface area contributed by atoms with E-state index in [1.165, 1.54) is 22.7 Å². The van der Waals surface area contributed by atoms with Gasteiger partial charge in [-0.15, -0.1) is 11.3 Å². The van der Waals surface area contributed by atoms with Gasteiger partial charge in [-0.3, -0.25) is 14.0 Å². The molecule has 0 unspecified atom stereocenters. The lowest BCUT2D eigenvalue weighted by atomic mass is 10.1. The van der Waals surface area contributed by atoms with Gasteiger partial charge in [0.05, 0.1) is 10.6 Å². The molecule has 1 aliphatic carbocycles. The van der Waals surface area contributed by atoms with Crippen LogP contribution in [-0.2, 0) is 0 Å². The molecule has 10 heteroatoms. The number of benzene rings is 1. The van der Waals surface area contributed by atoms with E-state index >= 15 is 0 Å². The van der Waals surface area contributed by atoms with Gasteiger partial charge in [-0.2, -0.15) is 0 Å². The number of imidazole rings is 1. The summed E-state index contributed by atoms with van der Waals surface area (Å²) in [4.78, 5) is 38.5. The number of hydrogen-bond acceptors (Lipinski definition) is 7. The van der Waals surface area contributed by atoms with Gasteiger partial charge in [0.2, 0.25) is 0 Å². The normalized spacial score (nSPS) is 13.4. The first kappa shape index (κ1) is 21.6. The van der Waals surface area contributed by atoms with Crippen LogP contribution in [0, 0.1) is 13.8 Å². The average Bonchev–Trinajstić information content (AvgIpc) is 3.26. The highest BCUT2D eigenvalue weighted by atomic mass is 32.1. The van der Waals surface area contributed by atoms with E-state index in [1.807, 2.05) is 54.6 Å². The molecule has 2 amide bonds. The topological polar surface area (TPSA) is 106 Å². The van der Waals surface area contributed by atoms with Crippen molar-refractivity contribution in [2.75, 3.05) is 18.8 Å². The number of aryl methyl sites for hydroxylation is 2. The Bertz CT molecular complexity index is 1350. The second-order valence-electron chi connectivity index (χ2n) is 8.19. The molecule has 0 radical (unpaired) electrons. The Labute approximate surface area is 199 Å². The van der Waals surface area contributed by atoms with Crippen LogP contribution in [0.25, 0.3) is 15.4 Å². The second-order valence-corrected chi connectivity index (χ2v) is 10.1. The lowest BCUT2D eigenvalue weighted by Gasteiger charge is -2.22. The molecule has 3 N–H and O–H groups in total. The summed E-state index contributed by atoms with van der Waals surface area (Å²) in [6.07, 6.45) is 3.75. The third kappa shape index (κ3) is 4.23. The lowest BCUT2D eigenvalue weighted by molar-refractivity contribution is 0.0732. The van der Waals surface area contributed by atoms with Gasteiger partial charge in [-0.05, 0) is 32.3 Å². The zero-order chi connectivity index (χ0) is 23.1. The summed E-state index contributed by atoms with van der Waals surface area (Å²) in [6, 6.07) is 8.15. The monoisotopic (exact) mass is 480 g/mol. The third-order valence-corrected chi connectivity index (χ3v) is 7.36. The van der Waals surface area contributed by atoms with Crippen LogP contribution in [0.4, 0.5) is 5.13 Å². The highest BCUT2D eigenvalue weighted by Crippen LogP contribution is 2.35. The molecule has 170 valence electrons. The number of thiazole rings is 2. The molecule has 0 spiro atoms. The fourth-order valence-corrected chi connectivity index (χ4v) is 5.56. The summed E-state index contributed by atoms with van der Waals surface area (Å²) in [7, 11) is 0. The number of aromatic nitrogens is 3. The number of amides is 2. The zero-order valence-corrected chi connectivity index (χ0v) is 20.0. The van der Waals surface area contributed by atoms with E-state index in [9.17, 15) is 9.59 Å². The molecule has 1 aliphatic rings. The maximum absolute atomic E-state index is 13.5. The second kappa shape index (κ2) is 8.60. The van der Waals surface area contributed by atoms with Crippen LogP contribution in [0.2, 0.25) is 0 Å². The average molecular weight is 481 g/mol. The summed E-state index contributed by atoms with van der Waals surface area (Å²) >= 11 is 2.81. The first-order valence-corrected chi connectivity index (χ1v) is 12.5. The van der Waals surface area contributed by atoms with Gasteiger partial charge in [0, 0.05) is 30.7 Å². The van der Waals surface area contributed by atoms with Crippen molar-refractivity contribution in [2.45, 2.75) is 32.7 Å². The van der Waals surface area contributed by atoms with E-state index in [2.05, 4.69) is 15.3 Å². The van der Waals surface area contributed by atoms with Crippen molar-refractivity contribution in [3.63, 3.8) is 0 Å². The third-order valence-electron chi connectivity index (χ3n) is 5.66. The molecular weight excluding hydrogens is 456 g/mol. The summed E-state index contributed by atoms with van der Waals surface area (Å²) in [6.45, 7) is 4.59. The van der Waals surface area contributed by atoms with Crippen LogP contribution in [0.3, 0.4) is 0 Å². The Hall–Kier alpha value is -3.24. The van der Waals surface area contributed by atoms with Gasteiger partial charge in [-0.25, -0.2) is 9.97 Å². The SMILES string of the molecule is Cc1cccc(-c2sc(N)nc2C(=O)N(CCNC(=O)c2c(C)nc3sccn23)C2CC2)c1. The number of carbonyl (C=O) groups excluding carboxylic acids is 2. The van der Waals surface area contributed by atoms with Crippen molar-refractivity contribution in [3.05, 3.63) is 58.5 Å². The van der Waals surface area contributed by atoms with Crippen LogP contribution in [0.15, 0.2) is 35.8 Å². The van der Waals surface area contributed by atoms with E-state index in [0.717, 1.165) is 33.8 Å². The Morgan fingerprint density at radius 1 is 1.27 bits per heavy atom. The van der Waals surface area contributed by atoms with Crippen molar-refractivity contribution < 1.29 is 9.59 Å². The van der Waals surface area contributed by atoms with Gasteiger partial charge >= 0.3 is 0 Å². The fourth-order valence-electron chi connectivity index (χ4n) is 3.98. The molecular formula is C23H24N6O2S2. The van der Waals surface area contributed by atoms with Crippen LogP contribution in [-0.4, -0.2) is 50.2 Å². The number of nitrogens with two attached hydrogens (primary N) is 1. The molecule has 0 atom stereocenters. The number of carbonyl (C=O) groups is 2. The minimum absolute atomic E-state index is 0.142. The summed E-state index contributed by atoms with van der Waals surface area (Å²) in [5.41, 5.74) is 9.65. The van der Waals surface area contributed by atoms with E-state index in [-0.39, 0.29) is 17.9 Å². The molecule has 33 heavy (non-hydrogen) atoms. The Morgan fingerprint density at radius 2 is 2.09 bits per heavy atom. The molecule has 0 bridgehead atoms. The Kier molecular flexibility index (Phi) is 5.63. The number of nitrogens with one attached hydrogen (secondary N) is 1. The van der Waals surface area contributed by atoms with Crippen LogP contribution >= 0.6 is 22.7 Å². The minimum Gasteiger partial charge on any atom is -0.375 e. The molecule has 5 rings (SSSR count). The van der Waals surface area contributed by atoms with Crippen LogP contribution in [0.1, 0.15) is 45.1 Å². The van der Waals surface area contributed by atoms with Gasteiger partial charge in [0.1, 0.15) is 11.4 Å². The van der Waals surface area contributed by atoms with Crippen LogP contribution < -0.4 is 11.1 Å². The largest absolute Gasteiger partial charge is 0.375 e. The van der Waals surface area contributed by atoms with Crippen molar-refractivity contribution in [2.24, 2.45) is 0 Å².